The number of aryl methyl sites for hydroxylation is 2. The van der Waals surface area contributed by atoms with E-state index >= 15 is 0 Å². The van der Waals surface area contributed by atoms with E-state index in [1.807, 2.05) is 6.92 Å². The first-order valence-electron chi connectivity index (χ1n) is 10.8. The van der Waals surface area contributed by atoms with Gasteiger partial charge in [-0.05, 0) is 51.5 Å². The monoisotopic (exact) mass is 434 g/mol. The van der Waals surface area contributed by atoms with Crippen molar-refractivity contribution in [2.24, 2.45) is 11.3 Å². The smallest absolute Gasteiger partial charge is 0.290 e. The largest absolute Gasteiger partial charge is 0.483 e. The quantitative estimate of drug-likeness (QED) is 0.380. The molecule has 1 aromatic carbocycles. The third-order valence-electron chi connectivity index (χ3n) is 5.91. The highest BCUT2D eigenvalue weighted by atomic mass is 16.5. The molecule has 172 valence electrons. The molecule has 0 spiro atoms. The number of aliphatic hydroxyl groups is 1. The van der Waals surface area contributed by atoms with Gasteiger partial charge in [0.05, 0.1) is 30.8 Å². The summed E-state index contributed by atoms with van der Waals surface area (Å²) in [6, 6.07) is 8.04. The Morgan fingerprint density at radius 3 is 2.61 bits per heavy atom. The Bertz CT molecular complexity index is 749. The lowest BCUT2D eigenvalue weighted by molar-refractivity contribution is -0.160. The first-order chi connectivity index (χ1) is 14.8. The van der Waals surface area contributed by atoms with Crippen molar-refractivity contribution in [1.82, 2.24) is 10.6 Å². The van der Waals surface area contributed by atoms with Crippen LogP contribution >= 0.6 is 0 Å². The molecule has 2 amide bonds. The fourth-order valence-corrected chi connectivity index (χ4v) is 3.95. The van der Waals surface area contributed by atoms with Crippen LogP contribution in [-0.2, 0) is 25.5 Å². The molecule has 1 saturated heterocycles. The van der Waals surface area contributed by atoms with Crippen LogP contribution in [0.25, 0.3) is 0 Å². The van der Waals surface area contributed by atoms with Crippen molar-refractivity contribution in [1.29, 1.82) is 0 Å². The van der Waals surface area contributed by atoms with Gasteiger partial charge in [-0.15, -0.1) is 0 Å². The van der Waals surface area contributed by atoms with Crippen molar-refractivity contribution in [3.8, 4) is 0 Å². The van der Waals surface area contributed by atoms with Crippen LogP contribution in [0.4, 0.5) is 0 Å². The van der Waals surface area contributed by atoms with E-state index < -0.39 is 11.5 Å². The van der Waals surface area contributed by atoms with Gasteiger partial charge in [0.1, 0.15) is 0 Å². The molecule has 2 aliphatic rings. The zero-order chi connectivity index (χ0) is 22.9. The van der Waals surface area contributed by atoms with Gasteiger partial charge in [0, 0.05) is 12.5 Å². The van der Waals surface area contributed by atoms with E-state index in [0.29, 0.717) is 39.0 Å². The highest BCUT2D eigenvalue weighted by molar-refractivity contribution is 5.84. The zero-order valence-corrected chi connectivity index (χ0v) is 18.3. The number of hydrogen-bond donors (Lipinski definition) is 4. The number of carbonyl (C=O) groups excluding carboxylic acids is 2. The van der Waals surface area contributed by atoms with Crippen molar-refractivity contribution >= 4 is 18.3 Å². The molecule has 2 fully saturated rings. The number of carboxylic acid groups (broad SMARTS) is 1. The summed E-state index contributed by atoms with van der Waals surface area (Å²) in [7, 11) is 0. The summed E-state index contributed by atoms with van der Waals surface area (Å²) in [6.45, 7) is 5.15. The predicted molar refractivity (Wildman–Crippen MR) is 115 cm³/mol. The first-order valence-corrected chi connectivity index (χ1v) is 10.8. The van der Waals surface area contributed by atoms with Gasteiger partial charge in [0.15, 0.2) is 0 Å². The lowest BCUT2D eigenvalue weighted by Gasteiger charge is -2.40. The molecule has 31 heavy (non-hydrogen) atoms. The van der Waals surface area contributed by atoms with Crippen LogP contribution < -0.4 is 10.6 Å². The molecule has 1 aliphatic carbocycles. The summed E-state index contributed by atoms with van der Waals surface area (Å²) < 4.78 is 5.14. The SMILES string of the molecule is Cc1cccc(CCCNC(=O)[C@H]2CC[C@@H](O)[C@H](NC(=O)C3(C)COC3)C2)c1.O=CO. The molecule has 0 radical (unpaired) electrons. The van der Waals surface area contributed by atoms with Crippen LogP contribution in [0, 0.1) is 18.3 Å². The van der Waals surface area contributed by atoms with Crippen LogP contribution in [0.15, 0.2) is 24.3 Å². The average molecular weight is 435 g/mol. The number of ether oxygens (including phenoxy) is 1. The lowest BCUT2D eigenvalue weighted by Crippen LogP contribution is -2.57. The predicted octanol–water partition coefficient (Wildman–Crippen LogP) is 1.43. The first kappa shape index (κ1) is 24.8. The summed E-state index contributed by atoms with van der Waals surface area (Å²) in [5, 5.41) is 23.1. The van der Waals surface area contributed by atoms with Crippen molar-refractivity contribution < 1.29 is 29.3 Å². The molecule has 3 rings (SSSR count). The normalized spacial score (nSPS) is 24.0. The fourth-order valence-electron chi connectivity index (χ4n) is 3.95. The molecule has 0 aromatic heterocycles. The van der Waals surface area contributed by atoms with Crippen molar-refractivity contribution in [3.05, 3.63) is 35.4 Å². The minimum Gasteiger partial charge on any atom is -0.483 e. The van der Waals surface area contributed by atoms with Gasteiger partial charge in [0.25, 0.3) is 6.47 Å². The number of amides is 2. The summed E-state index contributed by atoms with van der Waals surface area (Å²) in [4.78, 5) is 33.3. The van der Waals surface area contributed by atoms with E-state index in [2.05, 4.69) is 41.8 Å². The Kier molecular flexibility index (Phi) is 9.45. The Morgan fingerprint density at radius 2 is 2.00 bits per heavy atom. The summed E-state index contributed by atoms with van der Waals surface area (Å²) in [6.07, 6.45) is 2.89. The molecular weight excluding hydrogens is 400 g/mol. The Hall–Kier alpha value is -2.45. The highest BCUT2D eigenvalue weighted by Gasteiger charge is 2.43. The minimum atomic E-state index is -0.598. The zero-order valence-electron chi connectivity index (χ0n) is 18.3. The molecule has 0 bridgehead atoms. The van der Waals surface area contributed by atoms with Gasteiger partial charge < -0.3 is 25.6 Å². The lowest BCUT2D eigenvalue weighted by atomic mass is 9.81. The maximum Gasteiger partial charge on any atom is 0.290 e. The number of aliphatic hydroxyl groups excluding tert-OH is 1. The second-order valence-corrected chi connectivity index (χ2v) is 8.70. The summed E-state index contributed by atoms with van der Waals surface area (Å²) in [5.41, 5.74) is 2.02. The van der Waals surface area contributed by atoms with Crippen molar-refractivity contribution in [2.45, 2.75) is 58.1 Å². The second-order valence-electron chi connectivity index (χ2n) is 8.70. The molecule has 8 nitrogen and oxygen atoms in total. The number of hydrogen-bond acceptors (Lipinski definition) is 5. The third-order valence-corrected chi connectivity index (χ3v) is 5.91. The van der Waals surface area contributed by atoms with Gasteiger partial charge >= 0.3 is 0 Å². The van der Waals surface area contributed by atoms with E-state index in [1.54, 1.807) is 0 Å². The number of rotatable bonds is 7. The summed E-state index contributed by atoms with van der Waals surface area (Å²) >= 11 is 0. The highest BCUT2D eigenvalue weighted by Crippen LogP contribution is 2.29. The van der Waals surface area contributed by atoms with E-state index in [4.69, 9.17) is 14.6 Å². The van der Waals surface area contributed by atoms with Crippen LogP contribution in [0.5, 0.6) is 0 Å². The van der Waals surface area contributed by atoms with Crippen LogP contribution in [0.2, 0.25) is 0 Å². The van der Waals surface area contributed by atoms with Gasteiger partial charge in [0.2, 0.25) is 11.8 Å². The molecule has 1 heterocycles. The topological polar surface area (TPSA) is 125 Å². The summed E-state index contributed by atoms with van der Waals surface area (Å²) in [5.74, 6) is -0.242. The average Bonchev–Trinajstić information content (AvgIpc) is 2.71. The fraction of sp³-hybridized carbons (Fsp3) is 0.609. The minimum absolute atomic E-state index is 0.0218. The molecule has 8 heteroatoms. The number of benzene rings is 1. The van der Waals surface area contributed by atoms with Crippen molar-refractivity contribution in [3.63, 3.8) is 0 Å². The van der Waals surface area contributed by atoms with Crippen LogP contribution in [0.3, 0.4) is 0 Å². The van der Waals surface area contributed by atoms with Crippen LogP contribution in [0.1, 0.15) is 43.7 Å². The van der Waals surface area contributed by atoms with Gasteiger partial charge in [-0.1, -0.05) is 29.8 Å². The second kappa shape index (κ2) is 11.8. The molecule has 0 unspecified atom stereocenters. The number of carbonyl (C=O) groups is 3. The van der Waals surface area contributed by atoms with E-state index in [0.717, 1.165) is 12.8 Å². The standard InChI is InChI=1S/C22H32N2O4.CH2O2/c1-15-5-3-6-16(11-15)7-4-10-23-20(26)17-8-9-19(25)18(12-17)24-21(27)22(2)13-28-14-22;2-1-3/h3,5-6,11,17-19,25H,4,7-10,12-14H2,1-2H3,(H,23,26)(H,24,27);1H,(H,2,3)/t17-,18+,19+;/m0./s1. The van der Waals surface area contributed by atoms with Gasteiger partial charge in [-0.25, -0.2) is 0 Å². The maximum absolute atomic E-state index is 12.5. The van der Waals surface area contributed by atoms with Gasteiger partial charge in [-0.2, -0.15) is 0 Å². The maximum atomic E-state index is 12.5. The molecule has 1 aromatic rings. The molecule has 4 N–H and O–H groups in total. The molecule has 1 aliphatic heterocycles. The number of nitrogens with one attached hydrogen (secondary N) is 2. The van der Waals surface area contributed by atoms with E-state index in [-0.39, 0.29) is 30.2 Å². The van der Waals surface area contributed by atoms with Crippen LogP contribution in [-0.4, -0.2) is 60.4 Å². The Morgan fingerprint density at radius 1 is 1.29 bits per heavy atom. The Labute approximate surface area is 183 Å². The molecule has 3 atom stereocenters. The molecular formula is C23H34N2O6. The van der Waals surface area contributed by atoms with Gasteiger partial charge in [-0.3, -0.25) is 14.4 Å². The molecule has 1 saturated carbocycles. The van der Waals surface area contributed by atoms with Crippen molar-refractivity contribution in [2.75, 3.05) is 19.8 Å². The van der Waals surface area contributed by atoms with E-state index in [1.165, 1.54) is 11.1 Å². The third kappa shape index (κ3) is 7.33. The Balaban J connectivity index is 0.00000107. The van der Waals surface area contributed by atoms with E-state index in [9.17, 15) is 14.7 Å².